The highest BCUT2D eigenvalue weighted by atomic mass is 15.0. The molecule has 4 heteroatoms. The van der Waals surface area contributed by atoms with Gasteiger partial charge in [0.2, 0.25) is 0 Å². The Morgan fingerprint density at radius 1 is 0.379 bits per heavy atom. The normalized spacial score (nSPS) is 11.6. The molecule has 4 heterocycles. The molecule has 66 heavy (non-hydrogen) atoms. The smallest absolute Gasteiger partial charge is 0.0714 e. The minimum Gasteiger partial charge on any atom is -0.309 e. The third-order valence-corrected chi connectivity index (χ3v) is 13.3. The predicted octanol–water partition coefficient (Wildman–Crippen LogP) is 16.3. The van der Waals surface area contributed by atoms with Gasteiger partial charge in [0.15, 0.2) is 0 Å². The van der Waals surface area contributed by atoms with Gasteiger partial charge in [0.1, 0.15) is 0 Å². The summed E-state index contributed by atoms with van der Waals surface area (Å²) in [6.45, 7) is 2.26. The van der Waals surface area contributed by atoms with E-state index in [1.165, 1.54) is 65.9 Å². The van der Waals surface area contributed by atoms with Crippen LogP contribution in [-0.4, -0.2) is 19.1 Å². The largest absolute Gasteiger partial charge is 0.309 e. The van der Waals surface area contributed by atoms with Crippen LogP contribution in [0.1, 0.15) is 25.3 Å². The fourth-order valence-electron chi connectivity index (χ4n) is 10.1. The fraction of sp³-hybridized carbons (Fsp3) is 0.0645. The van der Waals surface area contributed by atoms with Crippen LogP contribution in [-0.2, 0) is 6.42 Å². The second-order valence-corrected chi connectivity index (χ2v) is 17.3. The first-order valence-electron chi connectivity index (χ1n) is 23.0. The Morgan fingerprint density at radius 2 is 0.939 bits per heavy atom. The summed E-state index contributed by atoms with van der Waals surface area (Å²) >= 11 is 0. The summed E-state index contributed by atoms with van der Waals surface area (Å²) in [4.78, 5) is 9.94. The lowest BCUT2D eigenvalue weighted by Crippen LogP contribution is -1.98. The topological polar surface area (TPSA) is 35.6 Å². The van der Waals surface area contributed by atoms with E-state index in [-0.39, 0.29) is 0 Å². The molecule has 0 aliphatic carbocycles. The van der Waals surface area contributed by atoms with Crippen LogP contribution in [0.25, 0.3) is 111 Å². The third-order valence-electron chi connectivity index (χ3n) is 13.3. The first-order chi connectivity index (χ1) is 32.7. The maximum atomic E-state index is 5.04. The van der Waals surface area contributed by atoms with E-state index < -0.39 is 0 Å². The summed E-state index contributed by atoms with van der Waals surface area (Å²) < 4.78 is 4.81. The lowest BCUT2D eigenvalue weighted by atomic mass is 9.93. The second kappa shape index (κ2) is 16.7. The molecule has 8 aromatic carbocycles. The van der Waals surface area contributed by atoms with Gasteiger partial charge < -0.3 is 9.13 Å². The van der Waals surface area contributed by atoms with E-state index in [0.717, 1.165) is 69.7 Å². The lowest BCUT2D eigenvalue weighted by molar-refractivity contribution is 0.796. The van der Waals surface area contributed by atoms with Crippen molar-refractivity contribution < 1.29 is 0 Å². The van der Waals surface area contributed by atoms with Crippen molar-refractivity contribution in [3.8, 4) is 67.1 Å². The molecule has 0 spiro atoms. The van der Waals surface area contributed by atoms with Gasteiger partial charge in [0.05, 0.1) is 27.8 Å². The Kier molecular flexibility index (Phi) is 9.91. The first kappa shape index (κ1) is 39.3. The summed E-state index contributed by atoms with van der Waals surface area (Å²) in [6.07, 6.45) is 9.20. The van der Waals surface area contributed by atoms with Gasteiger partial charge in [0, 0.05) is 68.2 Å². The van der Waals surface area contributed by atoms with Gasteiger partial charge >= 0.3 is 0 Å². The zero-order chi connectivity index (χ0) is 44.0. The number of pyridine rings is 2. The summed E-state index contributed by atoms with van der Waals surface area (Å²) in [7, 11) is 0. The molecular weight excluding hydrogens is 801 g/mol. The van der Waals surface area contributed by atoms with Crippen molar-refractivity contribution in [1.82, 2.24) is 19.1 Å². The van der Waals surface area contributed by atoms with Crippen molar-refractivity contribution in [1.29, 1.82) is 0 Å². The van der Waals surface area contributed by atoms with Gasteiger partial charge in [-0.15, -0.1) is 0 Å². The highest BCUT2D eigenvalue weighted by Crippen LogP contribution is 2.40. The standard InChI is InChI=1S/C62H46N4/c1-2-3-16-44-27-29-49(65-59-24-13-10-21-52(59)53-22-11-14-25-60(53)65)38-55(44)48-35-47(40-63-41-48)46-33-34-64-58(37-46)51-31-30-50(39-56(51)43-19-8-5-9-20-43)66-61-26-15-12-23-54(61)57-36-45(28-32-62(57)66)42-17-6-4-7-18-42/h4-15,17-41H,2-3,16H2,1H3. The van der Waals surface area contributed by atoms with E-state index in [2.05, 4.69) is 222 Å². The van der Waals surface area contributed by atoms with Crippen molar-refractivity contribution >= 4 is 43.6 Å². The molecule has 0 aliphatic heterocycles. The molecule has 0 bridgehead atoms. The molecular formula is C62H46N4. The van der Waals surface area contributed by atoms with Crippen molar-refractivity contribution in [3.63, 3.8) is 0 Å². The maximum Gasteiger partial charge on any atom is 0.0714 e. The van der Waals surface area contributed by atoms with Crippen molar-refractivity contribution in [3.05, 3.63) is 230 Å². The zero-order valence-corrected chi connectivity index (χ0v) is 36.8. The Balaban J connectivity index is 0.960. The molecule has 0 atom stereocenters. The second-order valence-electron chi connectivity index (χ2n) is 17.3. The van der Waals surface area contributed by atoms with Crippen LogP contribution >= 0.6 is 0 Å². The van der Waals surface area contributed by atoms with E-state index in [9.17, 15) is 0 Å². The molecule has 0 radical (unpaired) electrons. The molecule has 0 N–H and O–H groups in total. The number of nitrogens with zero attached hydrogens (tertiary/aromatic N) is 4. The molecule has 0 saturated heterocycles. The van der Waals surface area contributed by atoms with Gasteiger partial charge in [-0.1, -0.05) is 147 Å². The number of aromatic nitrogens is 4. The fourth-order valence-corrected chi connectivity index (χ4v) is 10.1. The number of unbranched alkanes of at least 4 members (excludes halogenated alkanes) is 1. The Bertz CT molecular complexity index is 3690. The van der Waals surface area contributed by atoms with Gasteiger partial charge in [-0.2, -0.15) is 0 Å². The molecule has 12 rings (SSSR count). The number of para-hydroxylation sites is 3. The Hall–Kier alpha value is -8.34. The van der Waals surface area contributed by atoms with E-state index >= 15 is 0 Å². The number of fused-ring (bicyclic) bond motifs is 6. The average Bonchev–Trinajstić information content (AvgIpc) is 3.91. The van der Waals surface area contributed by atoms with E-state index in [1.807, 2.05) is 18.6 Å². The van der Waals surface area contributed by atoms with Crippen LogP contribution in [0.4, 0.5) is 0 Å². The number of rotatable bonds is 10. The highest BCUT2D eigenvalue weighted by molar-refractivity contribution is 6.11. The molecule has 0 unspecified atom stereocenters. The molecule has 0 saturated carbocycles. The number of hydrogen-bond acceptors (Lipinski definition) is 2. The van der Waals surface area contributed by atoms with E-state index in [1.54, 1.807) is 0 Å². The minimum atomic E-state index is 0.912. The molecule has 314 valence electrons. The molecule has 0 fully saturated rings. The van der Waals surface area contributed by atoms with Gasteiger partial charge in [0.25, 0.3) is 0 Å². The van der Waals surface area contributed by atoms with Crippen LogP contribution in [0, 0.1) is 0 Å². The summed E-state index contributed by atoms with van der Waals surface area (Å²) in [5.74, 6) is 0. The summed E-state index contributed by atoms with van der Waals surface area (Å²) in [5, 5.41) is 4.99. The van der Waals surface area contributed by atoms with Crippen LogP contribution < -0.4 is 0 Å². The van der Waals surface area contributed by atoms with Crippen LogP contribution in [0.5, 0.6) is 0 Å². The number of benzene rings is 8. The first-order valence-corrected chi connectivity index (χ1v) is 23.0. The molecule has 0 amide bonds. The van der Waals surface area contributed by atoms with Gasteiger partial charge in [-0.05, 0) is 125 Å². The lowest BCUT2D eigenvalue weighted by Gasteiger charge is -2.16. The molecule has 4 aromatic heterocycles. The summed E-state index contributed by atoms with van der Waals surface area (Å²) in [6, 6.07) is 74.8. The number of aryl methyl sites for hydroxylation is 1. The average molecular weight is 847 g/mol. The van der Waals surface area contributed by atoms with Crippen molar-refractivity contribution in [2.24, 2.45) is 0 Å². The highest BCUT2D eigenvalue weighted by Gasteiger charge is 2.19. The quantitative estimate of drug-likeness (QED) is 0.137. The molecule has 0 aliphatic rings. The Labute approximate surface area is 384 Å². The predicted molar refractivity (Wildman–Crippen MR) is 277 cm³/mol. The van der Waals surface area contributed by atoms with E-state index in [0.29, 0.717) is 0 Å². The SMILES string of the molecule is CCCCc1ccc(-n2c3ccccc3c3ccccc32)cc1-c1cncc(-c2ccnc(-c3ccc(-n4c5ccccc5c5cc(-c6ccccc6)ccc54)cc3-c3ccccc3)c2)c1. The van der Waals surface area contributed by atoms with E-state index in [4.69, 9.17) is 9.97 Å². The maximum absolute atomic E-state index is 5.04. The summed E-state index contributed by atoms with van der Waals surface area (Å²) in [5.41, 5.74) is 19.5. The minimum absolute atomic E-state index is 0.912. The Morgan fingerprint density at radius 3 is 1.62 bits per heavy atom. The third kappa shape index (κ3) is 6.86. The van der Waals surface area contributed by atoms with Crippen molar-refractivity contribution in [2.75, 3.05) is 0 Å². The monoisotopic (exact) mass is 846 g/mol. The number of hydrogen-bond donors (Lipinski definition) is 0. The van der Waals surface area contributed by atoms with Gasteiger partial charge in [-0.3, -0.25) is 9.97 Å². The van der Waals surface area contributed by atoms with Crippen molar-refractivity contribution in [2.45, 2.75) is 26.2 Å². The molecule has 12 aromatic rings. The van der Waals surface area contributed by atoms with Crippen LogP contribution in [0.2, 0.25) is 0 Å². The van der Waals surface area contributed by atoms with Crippen LogP contribution in [0.15, 0.2) is 225 Å². The molecule has 4 nitrogen and oxygen atoms in total. The van der Waals surface area contributed by atoms with Crippen LogP contribution in [0.3, 0.4) is 0 Å². The van der Waals surface area contributed by atoms with Gasteiger partial charge in [-0.25, -0.2) is 0 Å². The zero-order valence-electron chi connectivity index (χ0n) is 36.8.